The van der Waals surface area contributed by atoms with E-state index in [1.165, 1.54) is 0 Å². The van der Waals surface area contributed by atoms with E-state index in [-0.39, 0.29) is 18.0 Å². The fraction of sp³-hybridized carbons (Fsp3) is 0.417. The first-order chi connectivity index (χ1) is 8.11. The van der Waals surface area contributed by atoms with Crippen molar-refractivity contribution in [1.29, 1.82) is 0 Å². The van der Waals surface area contributed by atoms with Crippen LogP contribution >= 0.6 is 11.6 Å². The number of halogens is 1. The van der Waals surface area contributed by atoms with Gasteiger partial charge in [-0.3, -0.25) is 4.79 Å². The van der Waals surface area contributed by atoms with E-state index in [1.807, 2.05) is 6.07 Å². The van der Waals surface area contributed by atoms with E-state index in [9.17, 15) is 4.79 Å². The molecule has 4 nitrogen and oxygen atoms in total. The highest BCUT2D eigenvalue weighted by Crippen LogP contribution is 2.30. The van der Waals surface area contributed by atoms with Crippen molar-refractivity contribution < 1.29 is 9.53 Å². The Morgan fingerprint density at radius 2 is 2.29 bits per heavy atom. The maximum atomic E-state index is 11.4. The first-order valence-electron chi connectivity index (χ1n) is 5.50. The first-order valence-corrected chi connectivity index (χ1v) is 5.88. The predicted octanol–water partition coefficient (Wildman–Crippen LogP) is 1.63. The number of carbonyl (C=O) groups is 1. The number of ether oxygens (including phenoxy) is 1. The number of nitrogens with one attached hydrogen (secondary N) is 1. The second-order valence-electron chi connectivity index (χ2n) is 4.14. The van der Waals surface area contributed by atoms with Gasteiger partial charge in [0.2, 0.25) is 5.91 Å². The Hall–Kier alpha value is -1.26. The summed E-state index contributed by atoms with van der Waals surface area (Å²) in [5.41, 5.74) is 6.92. The summed E-state index contributed by atoms with van der Waals surface area (Å²) in [6.07, 6.45) is 1.18. The fourth-order valence-corrected chi connectivity index (χ4v) is 2.29. The Bertz CT molecular complexity index is 437. The smallest absolute Gasteiger partial charge is 0.220 e. The van der Waals surface area contributed by atoms with Crippen LogP contribution in [-0.2, 0) is 4.79 Å². The lowest BCUT2D eigenvalue weighted by Gasteiger charge is -2.30. The lowest BCUT2D eigenvalue weighted by Crippen LogP contribution is -2.45. The number of methoxy groups -OCH3 is 1. The van der Waals surface area contributed by atoms with Gasteiger partial charge in [0.1, 0.15) is 5.75 Å². The zero-order chi connectivity index (χ0) is 12.4. The van der Waals surface area contributed by atoms with Crippen LogP contribution in [0.5, 0.6) is 5.75 Å². The molecule has 2 atom stereocenters. The molecule has 1 saturated heterocycles. The van der Waals surface area contributed by atoms with Crippen molar-refractivity contribution in [1.82, 2.24) is 5.32 Å². The Kier molecular flexibility index (Phi) is 3.54. The number of hydrogen-bond acceptors (Lipinski definition) is 3. The van der Waals surface area contributed by atoms with E-state index in [2.05, 4.69) is 5.32 Å². The molecule has 1 aliphatic heterocycles. The van der Waals surface area contributed by atoms with E-state index in [0.29, 0.717) is 23.6 Å². The molecule has 0 radical (unpaired) electrons. The molecule has 1 heterocycles. The van der Waals surface area contributed by atoms with Crippen molar-refractivity contribution in [3.05, 3.63) is 28.8 Å². The SMILES string of the molecule is COc1ccc(C2NC(=O)CCC2N)cc1Cl. The zero-order valence-corrected chi connectivity index (χ0v) is 10.3. The normalized spacial score (nSPS) is 24.3. The van der Waals surface area contributed by atoms with Gasteiger partial charge >= 0.3 is 0 Å². The van der Waals surface area contributed by atoms with Crippen LogP contribution in [0.4, 0.5) is 0 Å². The van der Waals surface area contributed by atoms with E-state index in [4.69, 9.17) is 22.1 Å². The minimum Gasteiger partial charge on any atom is -0.495 e. The molecule has 5 heteroatoms. The summed E-state index contributed by atoms with van der Waals surface area (Å²) < 4.78 is 5.08. The van der Waals surface area contributed by atoms with Crippen molar-refractivity contribution in [3.63, 3.8) is 0 Å². The van der Waals surface area contributed by atoms with Crippen molar-refractivity contribution in [3.8, 4) is 5.75 Å². The molecule has 0 aliphatic carbocycles. The van der Waals surface area contributed by atoms with Crippen LogP contribution in [0, 0.1) is 0 Å². The van der Waals surface area contributed by atoms with E-state index < -0.39 is 0 Å². The molecule has 1 amide bonds. The number of benzene rings is 1. The quantitative estimate of drug-likeness (QED) is 0.843. The van der Waals surface area contributed by atoms with Gasteiger partial charge in [-0.1, -0.05) is 17.7 Å². The standard InChI is InChI=1S/C12H15ClN2O2/c1-17-10-4-2-7(6-8(10)13)12-9(14)3-5-11(16)15-12/h2,4,6,9,12H,3,5,14H2,1H3,(H,15,16). The highest BCUT2D eigenvalue weighted by molar-refractivity contribution is 6.32. The topological polar surface area (TPSA) is 64.3 Å². The molecule has 0 saturated carbocycles. The Labute approximate surface area is 105 Å². The molecule has 0 bridgehead atoms. The van der Waals surface area contributed by atoms with Crippen molar-refractivity contribution in [2.75, 3.05) is 7.11 Å². The number of carbonyl (C=O) groups excluding carboxylic acids is 1. The lowest BCUT2D eigenvalue weighted by atomic mass is 9.93. The molecule has 0 spiro atoms. The third-order valence-corrected chi connectivity index (χ3v) is 3.28. The van der Waals surface area contributed by atoms with Crippen LogP contribution in [0.25, 0.3) is 0 Å². The summed E-state index contributed by atoms with van der Waals surface area (Å²) in [5.74, 6) is 0.648. The number of hydrogen-bond donors (Lipinski definition) is 2. The van der Waals surface area contributed by atoms with Gasteiger partial charge in [0.05, 0.1) is 18.2 Å². The minimum absolute atomic E-state index is 0.0311. The molecule has 1 fully saturated rings. The van der Waals surface area contributed by atoms with Crippen LogP contribution in [0.3, 0.4) is 0 Å². The third-order valence-electron chi connectivity index (χ3n) is 2.98. The second-order valence-corrected chi connectivity index (χ2v) is 4.55. The molecule has 1 aromatic carbocycles. The second kappa shape index (κ2) is 4.94. The number of nitrogens with two attached hydrogens (primary N) is 1. The van der Waals surface area contributed by atoms with E-state index >= 15 is 0 Å². The maximum absolute atomic E-state index is 11.4. The molecule has 92 valence electrons. The minimum atomic E-state index is -0.167. The van der Waals surface area contributed by atoms with Crippen LogP contribution in [0.1, 0.15) is 24.4 Å². The average Bonchev–Trinajstić information content (AvgIpc) is 2.32. The molecule has 17 heavy (non-hydrogen) atoms. The lowest BCUT2D eigenvalue weighted by molar-refractivity contribution is -0.123. The summed E-state index contributed by atoms with van der Waals surface area (Å²) in [6, 6.07) is 5.21. The predicted molar refractivity (Wildman–Crippen MR) is 66.1 cm³/mol. The molecule has 1 aromatic rings. The number of rotatable bonds is 2. The summed E-state index contributed by atoms with van der Waals surface area (Å²) in [5, 5.41) is 3.41. The molecular weight excluding hydrogens is 240 g/mol. The van der Waals surface area contributed by atoms with E-state index in [0.717, 1.165) is 5.56 Å². The summed E-state index contributed by atoms with van der Waals surface area (Å²) in [6.45, 7) is 0. The van der Waals surface area contributed by atoms with Crippen molar-refractivity contribution >= 4 is 17.5 Å². The molecule has 1 aliphatic rings. The molecule has 2 unspecified atom stereocenters. The summed E-state index contributed by atoms with van der Waals surface area (Å²) in [4.78, 5) is 11.4. The Morgan fingerprint density at radius 1 is 1.53 bits per heavy atom. The van der Waals surface area contributed by atoms with Gasteiger partial charge in [-0.15, -0.1) is 0 Å². The summed E-state index contributed by atoms with van der Waals surface area (Å²) in [7, 11) is 1.56. The van der Waals surface area contributed by atoms with Crippen LogP contribution in [0.15, 0.2) is 18.2 Å². The Morgan fingerprint density at radius 3 is 2.94 bits per heavy atom. The maximum Gasteiger partial charge on any atom is 0.220 e. The zero-order valence-electron chi connectivity index (χ0n) is 9.57. The van der Waals surface area contributed by atoms with Crippen molar-refractivity contribution in [2.45, 2.75) is 24.9 Å². The van der Waals surface area contributed by atoms with E-state index in [1.54, 1.807) is 19.2 Å². The Balaban J connectivity index is 2.26. The molecule has 3 N–H and O–H groups in total. The molecule has 0 aromatic heterocycles. The highest BCUT2D eigenvalue weighted by Gasteiger charge is 2.27. The van der Waals surface area contributed by atoms with Crippen LogP contribution < -0.4 is 15.8 Å². The van der Waals surface area contributed by atoms with Gasteiger partial charge < -0.3 is 15.8 Å². The van der Waals surface area contributed by atoms with Gasteiger partial charge in [-0.2, -0.15) is 0 Å². The van der Waals surface area contributed by atoms with Crippen molar-refractivity contribution in [2.24, 2.45) is 5.73 Å². The molecule has 2 rings (SSSR count). The van der Waals surface area contributed by atoms with Crippen LogP contribution in [0.2, 0.25) is 5.02 Å². The third kappa shape index (κ3) is 2.53. The largest absolute Gasteiger partial charge is 0.495 e. The van der Waals surface area contributed by atoms with Gasteiger partial charge in [-0.05, 0) is 24.1 Å². The fourth-order valence-electron chi connectivity index (χ4n) is 2.02. The number of amides is 1. The van der Waals surface area contributed by atoms with Gasteiger partial charge in [-0.25, -0.2) is 0 Å². The van der Waals surface area contributed by atoms with Gasteiger partial charge in [0.25, 0.3) is 0 Å². The first kappa shape index (κ1) is 12.2. The van der Waals surface area contributed by atoms with Gasteiger partial charge in [0.15, 0.2) is 0 Å². The van der Waals surface area contributed by atoms with Gasteiger partial charge in [0, 0.05) is 12.5 Å². The number of piperidine rings is 1. The van der Waals surface area contributed by atoms with Crippen LogP contribution in [-0.4, -0.2) is 19.1 Å². The highest BCUT2D eigenvalue weighted by atomic mass is 35.5. The monoisotopic (exact) mass is 254 g/mol. The summed E-state index contributed by atoms with van der Waals surface area (Å²) >= 11 is 6.05. The molecular formula is C12H15ClN2O2. The average molecular weight is 255 g/mol.